The zero-order valence-corrected chi connectivity index (χ0v) is 39.9. The van der Waals surface area contributed by atoms with Gasteiger partial charge >= 0.3 is 17.9 Å². The van der Waals surface area contributed by atoms with E-state index < -0.39 is 6.10 Å². The van der Waals surface area contributed by atoms with Crippen LogP contribution in [0.5, 0.6) is 0 Å². The van der Waals surface area contributed by atoms with Crippen molar-refractivity contribution in [3.05, 3.63) is 72.9 Å². The molecule has 0 rings (SSSR count). The molecule has 6 heteroatoms. The molecule has 0 radical (unpaired) electrons. The molecule has 0 aliphatic carbocycles. The summed E-state index contributed by atoms with van der Waals surface area (Å²) in [5, 5.41) is 0. The van der Waals surface area contributed by atoms with Gasteiger partial charge in [0.25, 0.3) is 0 Å². The van der Waals surface area contributed by atoms with Crippen molar-refractivity contribution in [2.75, 3.05) is 13.2 Å². The highest BCUT2D eigenvalue weighted by Crippen LogP contribution is 2.14. The Morgan fingerprint density at radius 2 is 0.656 bits per heavy atom. The van der Waals surface area contributed by atoms with Gasteiger partial charge in [-0.3, -0.25) is 14.4 Å². The van der Waals surface area contributed by atoms with E-state index in [0.29, 0.717) is 19.3 Å². The lowest BCUT2D eigenvalue weighted by molar-refractivity contribution is -0.167. The summed E-state index contributed by atoms with van der Waals surface area (Å²) in [7, 11) is 0. The van der Waals surface area contributed by atoms with Crippen molar-refractivity contribution in [1.29, 1.82) is 0 Å². The summed E-state index contributed by atoms with van der Waals surface area (Å²) >= 11 is 0. The Morgan fingerprint density at radius 1 is 0.344 bits per heavy atom. The Morgan fingerprint density at radius 3 is 1.07 bits per heavy atom. The second-order valence-corrected chi connectivity index (χ2v) is 16.8. The largest absolute Gasteiger partial charge is 0.462 e. The van der Waals surface area contributed by atoms with E-state index in [4.69, 9.17) is 14.2 Å². The van der Waals surface area contributed by atoms with E-state index in [1.165, 1.54) is 128 Å². The Hall–Kier alpha value is -3.15. The summed E-state index contributed by atoms with van der Waals surface area (Å²) in [4.78, 5) is 37.9. The van der Waals surface area contributed by atoms with Crippen LogP contribution in [-0.2, 0) is 28.6 Å². The van der Waals surface area contributed by atoms with Gasteiger partial charge in [0, 0.05) is 19.3 Å². The average molecular weight is 851 g/mol. The standard InChI is InChI=1S/C55H94O6/c1-4-7-10-13-16-19-22-25-27-30-33-36-39-42-45-48-54(57)60-51-52(50-59-53(56)47-44-41-38-35-32-29-24-21-18-15-12-9-6-3)61-55(58)49-46-43-40-37-34-31-28-26-23-20-17-14-11-8-5-2/h9,12,15,18-24,29,32,52H,4-8,10-11,13-14,16-17,25-28,30-31,33-51H2,1-3H3/b12-9-,18-15-,22-19-,23-20-,24-21-,32-29-. The SMILES string of the molecule is CC\C=C/C=C\C=C/C=C\CCCCCC(=O)OCC(COC(=O)CCCCCCCCC/C=C\CCCCCC)OC(=O)CCCCCCCCC/C=C\CCCCCC. The molecule has 0 saturated heterocycles. The molecule has 0 bridgehead atoms. The predicted octanol–water partition coefficient (Wildman–Crippen LogP) is 16.6. The van der Waals surface area contributed by atoms with Crippen LogP contribution in [0.15, 0.2) is 72.9 Å². The first-order chi connectivity index (χ1) is 30.0. The van der Waals surface area contributed by atoms with Crippen LogP contribution in [-0.4, -0.2) is 37.2 Å². The molecular weight excluding hydrogens is 757 g/mol. The summed E-state index contributed by atoms with van der Waals surface area (Å²) in [6.45, 7) is 6.43. The number of unbranched alkanes of at least 4 members (excludes halogenated alkanes) is 25. The first-order valence-corrected chi connectivity index (χ1v) is 25.5. The lowest BCUT2D eigenvalue weighted by atomic mass is 10.1. The molecule has 0 aromatic carbocycles. The van der Waals surface area contributed by atoms with E-state index in [1.54, 1.807) is 0 Å². The van der Waals surface area contributed by atoms with Crippen LogP contribution in [0.3, 0.4) is 0 Å². The lowest BCUT2D eigenvalue weighted by Crippen LogP contribution is -2.30. The van der Waals surface area contributed by atoms with E-state index in [2.05, 4.69) is 57.2 Å². The molecule has 0 N–H and O–H groups in total. The highest BCUT2D eigenvalue weighted by molar-refractivity contribution is 5.71. The number of esters is 3. The molecule has 0 amide bonds. The average Bonchev–Trinajstić information content (AvgIpc) is 3.26. The third-order valence-corrected chi connectivity index (χ3v) is 10.8. The van der Waals surface area contributed by atoms with Gasteiger partial charge in [-0.25, -0.2) is 0 Å². The smallest absolute Gasteiger partial charge is 0.306 e. The molecule has 0 saturated carbocycles. The molecule has 61 heavy (non-hydrogen) atoms. The highest BCUT2D eigenvalue weighted by atomic mass is 16.6. The fourth-order valence-electron chi connectivity index (χ4n) is 6.91. The fourth-order valence-corrected chi connectivity index (χ4v) is 6.91. The van der Waals surface area contributed by atoms with E-state index >= 15 is 0 Å². The maximum absolute atomic E-state index is 12.8. The van der Waals surface area contributed by atoms with E-state index in [1.807, 2.05) is 36.5 Å². The van der Waals surface area contributed by atoms with E-state index in [9.17, 15) is 14.4 Å². The van der Waals surface area contributed by atoms with Crippen molar-refractivity contribution >= 4 is 17.9 Å². The van der Waals surface area contributed by atoms with E-state index in [-0.39, 0.29) is 31.1 Å². The first-order valence-electron chi connectivity index (χ1n) is 25.5. The molecule has 1 atom stereocenters. The Kier molecular flexibility index (Phi) is 46.9. The number of hydrogen-bond donors (Lipinski definition) is 0. The van der Waals surface area contributed by atoms with Crippen molar-refractivity contribution in [2.24, 2.45) is 0 Å². The summed E-state index contributed by atoms with van der Waals surface area (Å²) < 4.78 is 16.7. The lowest BCUT2D eigenvalue weighted by Gasteiger charge is -2.18. The van der Waals surface area contributed by atoms with Crippen molar-refractivity contribution in [3.8, 4) is 0 Å². The van der Waals surface area contributed by atoms with Gasteiger partial charge in [0.1, 0.15) is 13.2 Å². The van der Waals surface area contributed by atoms with Crippen molar-refractivity contribution in [1.82, 2.24) is 0 Å². The normalized spacial score (nSPS) is 12.6. The number of carbonyl (C=O) groups is 3. The summed E-state index contributed by atoms with van der Waals surface area (Å²) in [5.74, 6) is -0.941. The minimum Gasteiger partial charge on any atom is -0.462 e. The maximum atomic E-state index is 12.8. The highest BCUT2D eigenvalue weighted by Gasteiger charge is 2.19. The minimum absolute atomic E-state index is 0.0922. The second-order valence-electron chi connectivity index (χ2n) is 16.8. The van der Waals surface area contributed by atoms with Gasteiger partial charge in [0.2, 0.25) is 0 Å². The number of hydrogen-bond acceptors (Lipinski definition) is 6. The quantitative estimate of drug-likeness (QED) is 0.0200. The summed E-state index contributed by atoms with van der Waals surface area (Å²) in [6, 6.07) is 0. The van der Waals surface area contributed by atoms with Crippen LogP contribution in [0.2, 0.25) is 0 Å². The zero-order chi connectivity index (χ0) is 44.4. The van der Waals surface area contributed by atoms with Crippen LogP contribution in [0.4, 0.5) is 0 Å². The van der Waals surface area contributed by atoms with Crippen LogP contribution < -0.4 is 0 Å². The van der Waals surface area contributed by atoms with Crippen LogP contribution in [0.25, 0.3) is 0 Å². The molecular formula is C55H94O6. The Balaban J connectivity index is 4.44. The Labute approximate surface area is 376 Å². The first kappa shape index (κ1) is 57.9. The van der Waals surface area contributed by atoms with Gasteiger partial charge in [-0.1, -0.05) is 203 Å². The molecule has 0 aromatic heterocycles. The summed E-state index contributed by atoms with van der Waals surface area (Å²) in [6.07, 6.45) is 61.7. The third-order valence-electron chi connectivity index (χ3n) is 10.8. The van der Waals surface area contributed by atoms with Gasteiger partial charge in [-0.15, -0.1) is 0 Å². The molecule has 0 heterocycles. The van der Waals surface area contributed by atoms with Gasteiger partial charge in [-0.2, -0.15) is 0 Å². The molecule has 0 spiro atoms. The number of rotatable bonds is 45. The third kappa shape index (κ3) is 47.7. The topological polar surface area (TPSA) is 78.9 Å². The maximum Gasteiger partial charge on any atom is 0.306 e. The van der Waals surface area contributed by atoms with Crippen LogP contribution >= 0.6 is 0 Å². The molecule has 0 aliphatic rings. The molecule has 350 valence electrons. The molecule has 0 aromatic rings. The van der Waals surface area contributed by atoms with Gasteiger partial charge in [0.05, 0.1) is 0 Å². The number of allylic oxidation sites excluding steroid dienone is 12. The number of ether oxygens (including phenoxy) is 3. The van der Waals surface area contributed by atoms with E-state index in [0.717, 1.165) is 70.6 Å². The van der Waals surface area contributed by atoms with Gasteiger partial charge in [-0.05, 0) is 89.9 Å². The number of carbonyl (C=O) groups excluding carboxylic acids is 3. The predicted molar refractivity (Wildman–Crippen MR) is 261 cm³/mol. The van der Waals surface area contributed by atoms with Crippen LogP contribution in [0, 0.1) is 0 Å². The molecule has 0 aliphatic heterocycles. The monoisotopic (exact) mass is 851 g/mol. The molecule has 0 fully saturated rings. The molecule has 1 unspecified atom stereocenters. The van der Waals surface area contributed by atoms with Crippen molar-refractivity contribution in [2.45, 2.75) is 245 Å². The molecule has 6 nitrogen and oxygen atoms in total. The fraction of sp³-hybridized carbons (Fsp3) is 0.727. The van der Waals surface area contributed by atoms with Gasteiger partial charge < -0.3 is 14.2 Å². The van der Waals surface area contributed by atoms with Gasteiger partial charge in [0.15, 0.2) is 6.10 Å². The van der Waals surface area contributed by atoms with Crippen molar-refractivity contribution in [3.63, 3.8) is 0 Å². The summed E-state index contributed by atoms with van der Waals surface area (Å²) in [5.41, 5.74) is 0. The minimum atomic E-state index is -0.794. The zero-order valence-electron chi connectivity index (χ0n) is 39.9. The van der Waals surface area contributed by atoms with Crippen LogP contribution in [0.1, 0.15) is 239 Å². The van der Waals surface area contributed by atoms with Crippen molar-refractivity contribution < 1.29 is 28.6 Å². The Bertz CT molecular complexity index is 1160. The second kappa shape index (κ2) is 49.5.